The maximum atomic E-state index is 13.2. The smallest absolute Gasteiger partial charge is 0.382 e. The molecule has 0 aliphatic rings. The zero-order chi connectivity index (χ0) is 19.3. The van der Waals surface area contributed by atoms with Gasteiger partial charge in [-0.3, -0.25) is 0 Å². The minimum atomic E-state index is -4.88. The molecule has 0 fully saturated rings. The Labute approximate surface area is 152 Å². The van der Waals surface area contributed by atoms with Crippen molar-refractivity contribution >= 4 is 23.3 Å². The maximum absolute atomic E-state index is 13.2. The van der Waals surface area contributed by atoms with Crippen LogP contribution in [0.5, 0.6) is 0 Å². The third-order valence-corrected chi connectivity index (χ3v) is 3.67. The Morgan fingerprint density at radius 2 is 1.85 bits per heavy atom. The van der Waals surface area contributed by atoms with E-state index in [1.165, 1.54) is 24.3 Å². The van der Waals surface area contributed by atoms with Crippen molar-refractivity contribution in [2.75, 3.05) is 11.9 Å². The minimum absolute atomic E-state index is 0.0811. The number of amides is 2. The third-order valence-electron chi connectivity index (χ3n) is 3.42. The first-order valence-electron chi connectivity index (χ1n) is 7.46. The van der Waals surface area contributed by atoms with Gasteiger partial charge in [0.15, 0.2) is 6.10 Å². The fourth-order valence-electron chi connectivity index (χ4n) is 2.11. The van der Waals surface area contributed by atoms with Crippen LogP contribution in [0.1, 0.15) is 5.56 Å². The van der Waals surface area contributed by atoms with Gasteiger partial charge in [-0.2, -0.15) is 13.2 Å². The number of nitrogens with one attached hydrogen (secondary N) is 1. The first-order chi connectivity index (χ1) is 12.1. The van der Waals surface area contributed by atoms with Crippen LogP contribution in [-0.4, -0.2) is 34.9 Å². The lowest BCUT2D eigenvalue weighted by Crippen LogP contribution is -2.45. The molecule has 0 saturated carbocycles. The Morgan fingerprint density at radius 1 is 1.19 bits per heavy atom. The SMILES string of the molecule is O=C(Nc1cccc(F)c1)N(Cc1ccc(Cl)cc1)C[C@@H](O)C(F)(F)F. The topological polar surface area (TPSA) is 52.6 Å². The monoisotopic (exact) mass is 390 g/mol. The first-order valence-corrected chi connectivity index (χ1v) is 7.83. The number of hydrogen-bond donors (Lipinski definition) is 2. The number of carbonyl (C=O) groups excluding carboxylic acids is 1. The summed E-state index contributed by atoms with van der Waals surface area (Å²) >= 11 is 5.76. The summed E-state index contributed by atoms with van der Waals surface area (Å²) in [6.07, 6.45) is -7.59. The van der Waals surface area contributed by atoms with Crippen LogP contribution < -0.4 is 5.32 Å². The van der Waals surface area contributed by atoms with E-state index in [-0.39, 0.29) is 12.2 Å². The highest BCUT2D eigenvalue weighted by molar-refractivity contribution is 6.30. The summed E-state index contributed by atoms with van der Waals surface area (Å²) in [7, 11) is 0. The number of aliphatic hydroxyl groups is 1. The second-order valence-corrected chi connectivity index (χ2v) is 5.94. The van der Waals surface area contributed by atoms with Gasteiger partial charge >= 0.3 is 12.2 Å². The average Bonchev–Trinajstić information content (AvgIpc) is 2.55. The molecule has 0 saturated heterocycles. The van der Waals surface area contributed by atoms with Crippen LogP contribution in [0.2, 0.25) is 5.02 Å². The zero-order valence-electron chi connectivity index (χ0n) is 13.3. The fourth-order valence-corrected chi connectivity index (χ4v) is 2.24. The molecule has 0 aromatic heterocycles. The van der Waals surface area contributed by atoms with Crippen molar-refractivity contribution in [2.45, 2.75) is 18.8 Å². The quantitative estimate of drug-likeness (QED) is 0.742. The van der Waals surface area contributed by atoms with Crippen molar-refractivity contribution in [3.05, 3.63) is 64.9 Å². The molecule has 0 aliphatic carbocycles. The van der Waals surface area contributed by atoms with Crippen LogP contribution in [0, 0.1) is 5.82 Å². The predicted molar refractivity (Wildman–Crippen MR) is 89.3 cm³/mol. The molecule has 2 amide bonds. The van der Waals surface area contributed by atoms with Gasteiger partial charge in [0.25, 0.3) is 0 Å². The van der Waals surface area contributed by atoms with Crippen molar-refractivity contribution in [1.82, 2.24) is 4.90 Å². The zero-order valence-corrected chi connectivity index (χ0v) is 14.1. The molecule has 0 spiro atoms. The molecule has 4 nitrogen and oxygen atoms in total. The molecule has 140 valence electrons. The molecule has 0 aliphatic heterocycles. The third kappa shape index (κ3) is 5.89. The van der Waals surface area contributed by atoms with Gasteiger partial charge in [-0.05, 0) is 35.9 Å². The molecule has 9 heteroatoms. The summed E-state index contributed by atoms with van der Waals surface area (Å²) < 4.78 is 51.2. The van der Waals surface area contributed by atoms with E-state index >= 15 is 0 Å². The van der Waals surface area contributed by atoms with E-state index in [9.17, 15) is 27.5 Å². The normalized spacial score (nSPS) is 12.5. The Bertz CT molecular complexity index is 753. The lowest BCUT2D eigenvalue weighted by Gasteiger charge is -2.26. The molecule has 26 heavy (non-hydrogen) atoms. The summed E-state index contributed by atoms with van der Waals surface area (Å²) in [5.74, 6) is -0.609. The number of carbonyl (C=O) groups is 1. The number of alkyl halides is 3. The Morgan fingerprint density at radius 3 is 2.42 bits per heavy atom. The lowest BCUT2D eigenvalue weighted by molar-refractivity contribution is -0.206. The summed E-state index contributed by atoms with van der Waals surface area (Å²) in [6.45, 7) is -1.18. The van der Waals surface area contributed by atoms with Crippen molar-refractivity contribution < 1.29 is 27.5 Å². The summed E-state index contributed by atoms with van der Waals surface area (Å²) in [5.41, 5.74) is 0.593. The van der Waals surface area contributed by atoms with Gasteiger partial charge in [0.05, 0.1) is 6.54 Å². The van der Waals surface area contributed by atoms with Gasteiger partial charge in [-0.25, -0.2) is 9.18 Å². The molecular formula is C17H15ClF4N2O2. The Hall–Kier alpha value is -2.32. The number of hydrogen-bond acceptors (Lipinski definition) is 2. The second kappa shape index (κ2) is 8.37. The van der Waals surface area contributed by atoms with E-state index in [1.807, 2.05) is 0 Å². The van der Waals surface area contributed by atoms with E-state index in [0.29, 0.717) is 10.6 Å². The number of benzene rings is 2. The molecule has 0 radical (unpaired) electrons. The van der Waals surface area contributed by atoms with Crippen molar-refractivity contribution in [3.63, 3.8) is 0 Å². The maximum Gasteiger partial charge on any atom is 0.416 e. The van der Waals surface area contributed by atoms with Gasteiger partial charge < -0.3 is 15.3 Å². The highest BCUT2D eigenvalue weighted by atomic mass is 35.5. The van der Waals surface area contributed by atoms with Crippen molar-refractivity contribution in [3.8, 4) is 0 Å². The van der Waals surface area contributed by atoms with E-state index in [4.69, 9.17) is 11.6 Å². The molecular weight excluding hydrogens is 376 g/mol. The Kier molecular flexibility index (Phi) is 6.44. The Balaban J connectivity index is 2.17. The molecule has 2 N–H and O–H groups in total. The van der Waals surface area contributed by atoms with Gasteiger partial charge in [0.1, 0.15) is 5.82 Å². The predicted octanol–water partition coefficient (Wildman–Crippen LogP) is 4.44. The average molecular weight is 391 g/mol. The van der Waals surface area contributed by atoms with Crippen LogP contribution in [-0.2, 0) is 6.54 Å². The first kappa shape index (κ1) is 20.0. The van der Waals surface area contributed by atoms with Gasteiger partial charge in [-0.1, -0.05) is 29.8 Å². The molecule has 0 unspecified atom stereocenters. The summed E-state index contributed by atoms with van der Waals surface area (Å²) in [6, 6.07) is 10.2. The highest BCUT2D eigenvalue weighted by Crippen LogP contribution is 2.22. The van der Waals surface area contributed by atoms with E-state index in [1.54, 1.807) is 12.1 Å². The number of aliphatic hydroxyl groups excluding tert-OH is 1. The molecule has 1 atom stereocenters. The largest absolute Gasteiger partial charge is 0.416 e. The number of rotatable bonds is 5. The molecule has 2 rings (SSSR count). The summed E-state index contributed by atoms with van der Waals surface area (Å²) in [5, 5.41) is 12.1. The van der Waals surface area contributed by atoms with Gasteiger partial charge in [-0.15, -0.1) is 0 Å². The van der Waals surface area contributed by atoms with Crippen LogP contribution in [0.25, 0.3) is 0 Å². The second-order valence-electron chi connectivity index (χ2n) is 5.50. The van der Waals surface area contributed by atoms with Crippen LogP contribution in [0.15, 0.2) is 48.5 Å². The van der Waals surface area contributed by atoms with Gasteiger partial charge in [0.2, 0.25) is 0 Å². The highest BCUT2D eigenvalue weighted by Gasteiger charge is 2.40. The molecule has 0 heterocycles. The van der Waals surface area contributed by atoms with Crippen LogP contribution >= 0.6 is 11.6 Å². The molecule has 0 bridgehead atoms. The molecule has 2 aromatic rings. The standard InChI is InChI=1S/C17H15ClF4N2O2/c18-12-6-4-11(5-7-12)9-24(10-15(25)17(20,21)22)16(26)23-14-3-1-2-13(19)8-14/h1-8,15,25H,9-10H2,(H,23,26)/t15-/m1/s1. The number of anilines is 1. The number of nitrogens with zero attached hydrogens (tertiary/aromatic N) is 1. The molecule has 2 aromatic carbocycles. The van der Waals surface area contributed by atoms with Crippen molar-refractivity contribution in [2.24, 2.45) is 0 Å². The fraction of sp³-hybridized carbons (Fsp3) is 0.235. The van der Waals surface area contributed by atoms with E-state index in [2.05, 4.69) is 5.32 Å². The van der Waals surface area contributed by atoms with Crippen LogP contribution in [0.3, 0.4) is 0 Å². The number of urea groups is 1. The number of halogens is 5. The van der Waals surface area contributed by atoms with Gasteiger partial charge in [0, 0.05) is 17.3 Å². The van der Waals surface area contributed by atoms with Crippen LogP contribution in [0.4, 0.5) is 28.0 Å². The van der Waals surface area contributed by atoms with E-state index < -0.39 is 30.7 Å². The van der Waals surface area contributed by atoms with E-state index in [0.717, 1.165) is 17.0 Å². The lowest BCUT2D eigenvalue weighted by atomic mass is 10.2. The van der Waals surface area contributed by atoms with Crippen molar-refractivity contribution in [1.29, 1.82) is 0 Å². The summed E-state index contributed by atoms with van der Waals surface area (Å²) in [4.78, 5) is 13.1. The minimum Gasteiger partial charge on any atom is -0.382 e.